The summed E-state index contributed by atoms with van der Waals surface area (Å²) in [4.78, 5) is 25.1. The minimum absolute atomic E-state index is 0.0289. The van der Waals surface area contributed by atoms with E-state index in [0.717, 1.165) is 19.1 Å². The van der Waals surface area contributed by atoms with Crippen molar-refractivity contribution in [3.63, 3.8) is 0 Å². The maximum atomic E-state index is 12.4. The van der Waals surface area contributed by atoms with Crippen molar-refractivity contribution in [3.8, 4) is 0 Å². The molecule has 1 saturated carbocycles. The highest BCUT2D eigenvalue weighted by Crippen LogP contribution is 2.33. The van der Waals surface area contributed by atoms with E-state index in [1.54, 1.807) is 4.90 Å². The highest BCUT2D eigenvalue weighted by Gasteiger charge is 2.37. The number of carboxylic acid groups (broad SMARTS) is 1. The monoisotopic (exact) mass is 318 g/mol. The molecular weight excluding hydrogens is 296 g/mol. The van der Waals surface area contributed by atoms with Crippen LogP contribution in [0.2, 0.25) is 0 Å². The molecule has 120 valence electrons. The molecule has 0 aromatic carbocycles. The van der Waals surface area contributed by atoms with Crippen molar-refractivity contribution in [2.24, 2.45) is 11.8 Å². The van der Waals surface area contributed by atoms with Gasteiger partial charge in [0, 0.05) is 25.0 Å². The highest BCUT2D eigenvalue weighted by molar-refractivity contribution is 7.88. The van der Waals surface area contributed by atoms with Crippen molar-refractivity contribution in [1.82, 2.24) is 9.62 Å². The standard InChI is InChI=1S/C13H22N2O5S/c1-21(19,20)14-11-3-2-6-15(8-11)12(16)9-4-5-10(7-9)13(17)18/h9-11,14H,2-8H2,1H3,(H,17,18). The topological polar surface area (TPSA) is 104 Å². The zero-order valence-corrected chi connectivity index (χ0v) is 12.9. The third-order valence-corrected chi connectivity index (χ3v) is 5.01. The zero-order chi connectivity index (χ0) is 15.6. The van der Waals surface area contributed by atoms with E-state index in [2.05, 4.69) is 4.72 Å². The molecule has 2 fully saturated rings. The average Bonchev–Trinajstić information content (AvgIpc) is 2.85. The first-order chi connectivity index (χ1) is 9.76. The normalized spacial score (nSPS) is 30.3. The van der Waals surface area contributed by atoms with Gasteiger partial charge >= 0.3 is 5.97 Å². The average molecular weight is 318 g/mol. The number of hydrogen-bond donors (Lipinski definition) is 2. The third kappa shape index (κ3) is 4.41. The van der Waals surface area contributed by atoms with Crippen LogP contribution in [0.1, 0.15) is 32.1 Å². The molecule has 3 unspecified atom stereocenters. The van der Waals surface area contributed by atoms with Gasteiger partial charge in [-0.2, -0.15) is 0 Å². The van der Waals surface area contributed by atoms with E-state index in [0.29, 0.717) is 32.4 Å². The Kier molecular flexibility index (Phi) is 4.88. The van der Waals surface area contributed by atoms with Crippen molar-refractivity contribution >= 4 is 21.9 Å². The molecule has 1 aliphatic carbocycles. The summed E-state index contributed by atoms with van der Waals surface area (Å²) in [6, 6.07) is -0.241. The predicted octanol–water partition coefficient (Wildman–Crippen LogP) is 0.0275. The van der Waals surface area contributed by atoms with Crippen molar-refractivity contribution < 1.29 is 23.1 Å². The Morgan fingerprint density at radius 2 is 1.86 bits per heavy atom. The van der Waals surface area contributed by atoms with Gasteiger partial charge in [-0.3, -0.25) is 9.59 Å². The fourth-order valence-corrected chi connectivity index (χ4v) is 4.06. The number of sulfonamides is 1. The Morgan fingerprint density at radius 3 is 2.43 bits per heavy atom. The summed E-state index contributed by atoms with van der Waals surface area (Å²) in [5.74, 6) is -1.52. The van der Waals surface area contributed by atoms with Gasteiger partial charge < -0.3 is 10.0 Å². The van der Waals surface area contributed by atoms with E-state index >= 15 is 0 Å². The van der Waals surface area contributed by atoms with Crippen LogP contribution in [0.15, 0.2) is 0 Å². The maximum absolute atomic E-state index is 12.4. The fraction of sp³-hybridized carbons (Fsp3) is 0.846. The summed E-state index contributed by atoms with van der Waals surface area (Å²) < 4.78 is 25.1. The van der Waals surface area contributed by atoms with Crippen LogP contribution in [0, 0.1) is 11.8 Å². The van der Waals surface area contributed by atoms with Crippen LogP contribution in [0.3, 0.4) is 0 Å². The largest absolute Gasteiger partial charge is 0.481 e. The first-order valence-electron chi connectivity index (χ1n) is 7.25. The van der Waals surface area contributed by atoms with E-state index in [9.17, 15) is 18.0 Å². The van der Waals surface area contributed by atoms with Crippen LogP contribution in [0.4, 0.5) is 0 Å². The first-order valence-corrected chi connectivity index (χ1v) is 9.14. The van der Waals surface area contributed by atoms with Gasteiger partial charge in [-0.25, -0.2) is 13.1 Å². The van der Waals surface area contributed by atoms with Crippen molar-refractivity contribution in [2.75, 3.05) is 19.3 Å². The second-order valence-electron chi connectivity index (χ2n) is 6.06. The van der Waals surface area contributed by atoms with Crippen LogP contribution in [0.5, 0.6) is 0 Å². The lowest BCUT2D eigenvalue weighted by Crippen LogP contribution is -2.50. The number of piperidine rings is 1. The smallest absolute Gasteiger partial charge is 0.306 e. The third-order valence-electron chi connectivity index (χ3n) is 4.24. The molecule has 8 heteroatoms. The molecular formula is C13H22N2O5S. The number of rotatable bonds is 4. The number of hydrogen-bond acceptors (Lipinski definition) is 4. The van der Waals surface area contributed by atoms with Crippen LogP contribution in [-0.2, 0) is 19.6 Å². The van der Waals surface area contributed by atoms with E-state index < -0.39 is 21.9 Å². The summed E-state index contributed by atoms with van der Waals surface area (Å²) in [5.41, 5.74) is 0. The summed E-state index contributed by atoms with van der Waals surface area (Å²) in [6.45, 7) is 0.995. The van der Waals surface area contributed by atoms with Crippen molar-refractivity contribution in [2.45, 2.75) is 38.1 Å². The molecule has 1 aliphatic heterocycles. The number of nitrogens with one attached hydrogen (secondary N) is 1. The van der Waals surface area contributed by atoms with E-state index in [1.807, 2.05) is 0 Å². The van der Waals surface area contributed by atoms with Gasteiger partial charge in [0.15, 0.2) is 0 Å². The van der Waals surface area contributed by atoms with Gasteiger partial charge in [-0.1, -0.05) is 0 Å². The Bertz CT molecular complexity index is 519. The van der Waals surface area contributed by atoms with Crippen LogP contribution >= 0.6 is 0 Å². The number of carbonyl (C=O) groups excluding carboxylic acids is 1. The Balaban J connectivity index is 1.92. The van der Waals surface area contributed by atoms with Gasteiger partial charge in [0.1, 0.15) is 0 Å². The SMILES string of the molecule is CS(=O)(=O)NC1CCCN(C(=O)C2CCC(C(=O)O)C2)C1. The lowest BCUT2D eigenvalue weighted by atomic mass is 10.0. The molecule has 0 spiro atoms. The second kappa shape index (κ2) is 6.31. The highest BCUT2D eigenvalue weighted by atomic mass is 32.2. The molecule has 21 heavy (non-hydrogen) atoms. The molecule has 2 rings (SSSR count). The summed E-state index contributed by atoms with van der Waals surface area (Å²) in [6.07, 6.45) is 4.14. The minimum Gasteiger partial charge on any atom is -0.481 e. The molecule has 0 radical (unpaired) electrons. The fourth-order valence-electron chi connectivity index (χ4n) is 3.26. The Morgan fingerprint density at radius 1 is 1.19 bits per heavy atom. The van der Waals surface area contributed by atoms with Crippen LogP contribution in [-0.4, -0.2) is 55.7 Å². The number of likely N-dealkylation sites (tertiary alicyclic amines) is 1. The van der Waals surface area contributed by atoms with Crippen LogP contribution < -0.4 is 4.72 Å². The molecule has 2 N–H and O–H groups in total. The molecule has 0 aromatic rings. The quantitative estimate of drug-likeness (QED) is 0.761. The van der Waals surface area contributed by atoms with E-state index in [4.69, 9.17) is 5.11 Å². The van der Waals surface area contributed by atoms with Gasteiger partial charge in [-0.15, -0.1) is 0 Å². The van der Waals surface area contributed by atoms with E-state index in [1.165, 1.54) is 0 Å². The predicted molar refractivity (Wildman–Crippen MR) is 76.0 cm³/mol. The molecule has 7 nitrogen and oxygen atoms in total. The minimum atomic E-state index is -3.28. The lowest BCUT2D eigenvalue weighted by molar-refractivity contribution is -0.141. The maximum Gasteiger partial charge on any atom is 0.306 e. The second-order valence-corrected chi connectivity index (χ2v) is 7.84. The summed E-state index contributed by atoms with van der Waals surface area (Å²) >= 11 is 0. The zero-order valence-electron chi connectivity index (χ0n) is 12.1. The van der Waals surface area contributed by atoms with Gasteiger partial charge in [0.2, 0.25) is 15.9 Å². The summed E-state index contributed by atoms with van der Waals surface area (Å²) in [5, 5.41) is 8.99. The molecule has 3 atom stereocenters. The Labute approximate surface area is 124 Å². The molecule has 0 aromatic heterocycles. The number of nitrogens with zero attached hydrogens (tertiary/aromatic N) is 1. The van der Waals surface area contributed by atoms with Gasteiger partial charge in [0.05, 0.1) is 12.2 Å². The molecule has 1 amide bonds. The number of carbonyl (C=O) groups is 2. The number of amides is 1. The molecule has 0 bridgehead atoms. The number of carboxylic acids is 1. The van der Waals surface area contributed by atoms with Crippen LogP contribution in [0.25, 0.3) is 0 Å². The molecule has 1 heterocycles. The summed E-state index contributed by atoms with van der Waals surface area (Å²) in [7, 11) is -3.28. The lowest BCUT2D eigenvalue weighted by Gasteiger charge is -2.34. The Hall–Kier alpha value is -1.15. The molecule has 1 saturated heterocycles. The van der Waals surface area contributed by atoms with Crippen molar-refractivity contribution in [3.05, 3.63) is 0 Å². The van der Waals surface area contributed by atoms with Crippen molar-refractivity contribution in [1.29, 1.82) is 0 Å². The number of aliphatic carboxylic acids is 1. The first kappa shape index (κ1) is 16.2. The van der Waals surface area contributed by atoms with Gasteiger partial charge in [-0.05, 0) is 32.1 Å². The molecule has 2 aliphatic rings. The van der Waals surface area contributed by atoms with E-state index in [-0.39, 0.29) is 17.9 Å². The van der Waals surface area contributed by atoms with Gasteiger partial charge in [0.25, 0.3) is 0 Å².